The first-order chi connectivity index (χ1) is 8.24. The van der Waals surface area contributed by atoms with Gasteiger partial charge in [-0.25, -0.2) is 4.79 Å². The van der Waals surface area contributed by atoms with Crippen molar-refractivity contribution >= 4 is 16.7 Å². The third-order valence-corrected chi connectivity index (χ3v) is 2.42. The van der Waals surface area contributed by atoms with Crippen LogP contribution in [0, 0.1) is 0 Å². The summed E-state index contributed by atoms with van der Waals surface area (Å²) in [7, 11) is 0. The lowest BCUT2D eigenvalue weighted by Gasteiger charge is -2.06. The average molecular weight is 228 g/mol. The Morgan fingerprint density at radius 2 is 2.00 bits per heavy atom. The van der Waals surface area contributed by atoms with Crippen LogP contribution in [-0.4, -0.2) is 11.1 Å². The molecule has 0 spiro atoms. The quantitative estimate of drug-likeness (QED) is 0.634. The van der Waals surface area contributed by atoms with Crippen LogP contribution in [0.5, 0.6) is 5.75 Å². The van der Waals surface area contributed by atoms with Crippen molar-refractivity contribution in [2.24, 2.45) is 0 Å². The van der Waals surface area contributed by atoms with Crippen molar-refractivity contribution < 1.29 is 14.6 Å². The molecular formula is C14H12O3. The second-order valence-corrected chi connectivity index (χ2v) is 3.56. The largest absolute Gasteiger partial charge is 0.507 e. The number of carbonyl (C=O) groups is 1. The van der Waals surface area contributed by atoms with Crippen LogP contribution in [0.15, 0.2) is 48.7 Å². The third-order valence-electron chi connectivity index (χ3n) is 2.42. The summed E-state index contributed by atoms with van der Waals surface area (Å²) in [5, 5.41) is 11.3. The van der Waals surface area contributed by atoms with Gasteiger partial charge in [0.1, 0.15) is 11.3 Å². The van der Waals surface area contributed by atoms with Gasteiger partial charge in [-0.3, -0.25) is 0 Å². The Morgan fingerprint density at radius 1 is 1.24 bits per heavy atom. The molecule has 0 bridgehead atoms. The molecule has 0 radical (unpaired) electrons. The monoisotopic (exact) mass is 228 g/mol. The molecule has 0 saturated carbocycles. The lowest BCUT2D eigenvalue weighted by molar-refractivity contribution is 0.0662. The summed E-state index contributed by atoms with van der Waals surface area (Å²) in [4.78, 5) is 11.8. The van der Waals surface area contributed by atoms with Crippen molar-refractivity contribution in [2.45, 2.75) is 6.92 Å². The molecule has 0 aliphatic carbocycles. The number of hydrogen-bond acceptors (Lipinski definition) is 3. The van der Waals surface area contributed by atoms with Crippen molar-refractivity contribution in [3.8, 4) is 5.75 Å². The molecule has 2 aromatic rings. The van der Waals surface area contributed by atoms with E-state index in [0.717, 1.165) is 5.39 Å². The Morgan fingerprint density at radius 3 is 2.76 bits per heavy atom. The summed E-state index contributed by atoms with van der Waals surface area (Å²) >= 11 is 0. The van der Waals surface area contributed by atoms with Crippen molar-refractivity contribution in [3.05, 3.63) is 54.3 Å². The summed E-state index contributed by atoms with van der Waals surface area (Å²) < 4.78 is 4.89. The topological polar surface area (TPSA) is 46.5 Å². The Kier molecular flexibility index (Phi) is 3.10. The first kappa shape index (κ1) is 11.2. The van der Waals surface area contributed by atoms with Gasteiger partial charge in [-0.2, -0.15) is 0 Å². The van der Waals surface area contributed by atoms with Crippen LogP contribution in [0.2, 0.25) is 0 Å². The first-order valence-corrected chi connectivity index (χ1v) is 5.27. The standard InChI is InChI=1S/C14H12O3/c1-2-9-17-14(16)13-11-6-4-3-5-10(11)7-8-12(13)15/h2-9,15H,1H3. The lowest BCUT2D eigenvalue weighted by atomic mass is 10.0. The second kappa shape index (κ2) is 4.70. The molecule has 0 atom stereocenters. The van der Waals surface area contributed by atoms with E-state index in [1.165, 1.54) is 12.3 Å². The maximum Gasteiger partial charge on any atom is 0.347 e. The number of carbonyl (C=O) groups excluding carboxylic acids is 1. The molecular weight excluding hydrogens is 216 g/mol. The maximum absolute atomic E-state index is 11.8. The number of benzene rings is 2. The van der Waals surface area contributed by atoms with Gasteiger partial charge < -0.3 is 9.84 Å². The SMILES string of the molecule is CC=COC(=O)c1c(O)ccc2ccccc12. The highest BCUT2D eigenvalue weighted by Gasteiger charge is 2.15. The predicted molar refractivity (Wildman–Crippen MR) is 65.8 cm³/mol. The third kappa shape index (κ3) is 2.13. The number of ether oxygens (including phenoxy) is 1. The fraction of sp³-hybridized carbons (Fsp3) is 0.0714. The van der Waals surface area contributed by atoms with E-state index in [-0.39, 0.29) is 11.3 Å². The van der Waals surface area contributed by atoms with E-state index < -0.39 is 5.97 Å². The van der Waals surface area contributed by atoms with Crippen molar-refractivity contribution in [3.63, 3.8) is 0 Å². The molecule has 0 aliphatic rings. The summed E-state index contributed by atoms with van der Waals surface area (Å²) in [6.45, 7) is 1.75. The highest BCUT2D eigenvalue weighted by Crippen LogP contribution is 2.27. The number of aromatic hydroxyl groups is 1. The minimum absolute atomic E-state index is 0.0711. The molecule has 0 saturated heterocycles. The number of phenols is 1. The maximum atomic E-state index is 11.8. The van der Waals surface area contributed by atoms with E-state index in [4.69, 9.17) is 4.74 Å². The zero-order chi connectivity index (χ0) is 12.3. The zero-order valence-corrected chi connectivity index (χ0v) is 9.38. The number of rotatable bonds is 2. The van der Waals surface area contributed by atoms with Crippen LogP contribution in [-0.2, 0) is 4.74 Å². The number of hydrogen-bond donors (Lipinski definition) is 1. The predicted octanol–water partition coefficient (Wildman–Crippen LogP) is 3.24. The van der Waals surface area contributed by atoms with Gasteiger partial charge in [-0.1, -0.05) is 36.4 Å². The first-order valence-electron chi connectivity index (χ1n) is 5.27. The van der Waals surface area contributed by atoms with Gasteiger partial charge >= 0.3 is 5.97 Å². The highest BCUT2D eigenvalue weighted by molar-refractivity contribution is 6.07. The Labute approximate surface area is 99.0 Å². The molecule has 0 aliphatic heterocycles. The van der Waals surface area contributed by atoms with Crippen LogP contribution in [0.4, 0.5) is 0 Å². The minimum Gasteiger partial charge on any atom is -0.507 e. The number of phenolic OH excluding ortho intramolecular Hbond substituents is 1. The number of allylic oxidation sites excluding steroid dienone is 1. The summed E-state index contributed by atoms with van der Waals surface area (Å²) in [6, 6.07) is 10.6. The van der Waals surface area contributed by atoms with Crippen LogP contribution in [0.1, 0.15) is 17.3 Å². The van der Waals surface area contributed by atoms with Gasteiger partial charge in [-0.05, 0) is 23.8 Å². The van der Waals surface area contributed by atoms with Crippen LogP contribution in [0.25, 0.3) is 10.8 Å². The second-order valence-electron chi connectivity index (χ2n) is 3.56. The molecule has 86 valence electrons. The van der Waals surface area contributed by atoms with Gasteiger partial charge in [-0.15, -0.1) is 0 Å². The van der Waals surface area contributed by atoms with Crippen molar-refractivity contribution in [2.75, 3.05) is 0 Å². The van der Waals surface area contributed by atoms with E-state index in [0.29, 0.717) is 5.39 Å². The molecule has 2 rings (SSSR count). The fourth-order valence-corrected chi connectivity index (χ4v) is 1.66. The molecule has 17 heavy (non-hydrogen) atoms. The van der Waals surface area contributed by atoms with E-state index in [9.17, 15) is 9.90 Å². The van der Waals surface area contributed by atoms with Gasteiger partial charge in [0.05, 0.1) is 6.26 Å². The minimum atomic E-state index is -0.558. The molecule has 3 nitrogen and oxygen atoms in total. The highest BCUT2D eigenvalue weighted by atomic mass is 16.5. The Balaban J connectivity index is 2.58. The molecule has 0 fully saturated rings. The van der Waals surface area contributed by atoms with Gasteiger partial charge in [0.2, 0.25) is 0 Å². The van der Waals surface area contributed by atoms with Crippen LogP contribution >= 0.6 is 0 Å². The van der Waals surface area contributed by atoms with E-state index in [2.05, 4.69) is 0 Å². The Bertz CT molecular complexity index is 585. The smallest absolute Gasteiger partial charge is 0.347 e. The molecule has 0 amide bonds. The molecule has 0 aromatic heterocycles. The Hall–Kier alpha value is -2.29. The van der Waals surface area contributed by atoms with Crippen molar-refractivity contribution in [1.29, 1.82) is 0 Å². The van der Waals surface area contributed by atoms with E-state index in [1.54, 1.807) is 25.1 Å². The molecule has 3 heteroatoms. The molecule has 0 heterocycles. The normalized spacial score (nSPS) is 10.9. The van der Waals surface area contributed by atoms with Gasteiger partial charge in [0, 0.05) is 0 Å². The fourth-order valence-electron chi connectivity index (χ4n) is 1.66. The number of fused-ring (bicyclic) bond motifs is 1. The average Bonchev–Trinajstić information content (AvgIpc) is 2.35. The number of esters is 1. The van der Waals surface area contributed by atoms with Crippen LogP contribution in [0.3, 0.4) is 0 Å². The molecule has 2 aromatic carbocycles. The van der Waals surface area contributed by atoms with E-state index in [1.807, 2.05) is 18.2 Å². The van der Waals surface area contributed by atoms with E-state index >= 15 is 0 Å². The van der Waals surface area contributed by atoms with Crippen LogP contribution < -0.4 is 0 Å². The van der Waals surface area contributed by atoms with Crippen molar-refractivity contribution in [1.82, 2.24) is 0 Å². The van der Waals surface area contributed by atoms with Gasteiger partial charge in [0.25, 0.3) is 0 Å². The molecule has 1 N–H and O–H groups in total. The summed E-state index contributed by atoms with van der Waals surface area (Å²) in [5.74, 6) is -0.629. The summed E-state index contributed by atoms with van der Waals surface area (Å²) in [6.07, 6.45) is 2.91. The molecule has 0 unspecified atom stereocenters. The van der Waals surface area contributed by atoms with Gasteiger partial charge in [0.15, 0.2) is 0 Å². The summed E-state index contributed by atoms with van der Waals surface area (Å²) in [5.41, 5.74) is 0.196. The zero-order valence-electron chi connectivity index (χ0n) is 9.38. The lowest BCUT2D eigenvalue weighted by Crippen LogP contribution is -2.02.